The van der Waals surface area contributed by atoms with Crippen LogP contribution in [0.15, 0.2) is 30.3 Å². The van der Waals surface area contributed by atoms with E-state index in [0.29, 0.717) is 25.7 Å². The summed E-state index contributed by atoms with van der Waals surface area (Å²) in [5, 5.41) is 22.7. The second-order valence-corrected chi connectivity index (χ2v) is 9.47. The molecule has 2 aliphatic heterocycles. The van der Waals surface area contributed by atoms with Crippen LogP contribution in [0.2, 0.25) is 6.32 Å². The fourth-order valence-corrected chi connectivity index (χ4v) is 4.45. The largest absolute Gasteiger partial charge is 0.480 e. The van der Waals surface area contributed by atoms with Gasteiger partial charge in [-0.25, -0.2) is 9.59 Å². The van der Waals surface area contributed by atoms with E-state index in [9.17, 15) is 19.8 Å². The molecule has 3 atom stereocenters. The van der Waals surface area contributed by atoms with Crippen LogP contribution in [0.3, 0.4) is 0 Å². The van der Waals surface area contributed by atoms with Gasteiger partial charge in [-0.3, -0.25) is 4.90 Å². The summed E-state index contributed by atoms with van der Waals surface area (Å²) in [4.78, 5) is 24.7. The zero-order valence-corrected chi connectivity index (χ0v) is 18.7. The lowest BCUT2D eigenvalue weighted by Gasteiger charge is -2.32. The van der Waals surface area contributed by atoms with Crippen molar-refractivity contribution in [1.82, 2.24) is 10.2 Å². The second kappa shape index (κ2) is 9.18. The highest BCUT2D eigenvalue weighted by Crippen LogP contribution is 2.39. The van der Waals surface area contributed by atoms with Crippen molar-refractivity contribution in [3.63, 3.8) is 0 Å². The fraction of sp³-hybridized carbons (Fsp3) is 0.636. The Balaban J connectivity index is 1.65. The summed E-state index contributed by atoms with van der Waals surface area (Å²) in [6.07, 6.45) is 0.681. The van der Waals surface area contributed by atoms with E-state index in [1.54, 1.807) is 0 Å². The molecule has 9 heteroatoms. The third-order valence-corrected chi connectivity index (χ3v) is 6.84. The number of hydrogen-bond donors (Lipinski definition) is 3. The number of likely N-dealkylation sites (tertiary alicyclic amines) is 1. The van der Waals surface area contributed by atoms with Gasteiger partial charge in [0.1, 0.15) is 6.04 Å². The monoisotopic (exact) mass is 432 g/mol. The normalized spacial score (nSPS) is 26.9. The van der Waals surface area contributed by atoms with Gasteiger partial charge in [0.2, 0.25) is 0 Å². The van der Waals surface area contributed by atoms with Crippen molar-refractivity contribution in [3.8, 4) is 0 Å². The zero-order valence-electron chi connectivity index (χ0n) is 18.7. The van der Waals surface area contributed by atoms with Crippen molar-refractivity contribution in [2.45, 2.75) is 76.7 Å². The van der Waals surface area contributed by atoms with Crippen LogP contribution in [-0.2, 0) is 20.6 Å². The summed E-state index contributed by atoms with van der Waals surface area (Å²) in [5.74, 6) is -1.44. The molecule has 0 aromatic heterocycles. The highest BCUT2D eigenvalue weighted by molar-refractivity contribution is 6.45. The average Bonchev–Trinajstić information content (AvgIpc) is 3.15. The molecule has 2 fully saturated rings. The van der Waals surface area contributed by atoms with Crippen LogP contribution in [0.4, 0.5) is 4.79 Å². The first-order chi connectivity index (χ1) is 14.5. The smallest absolute Gasteiger partial charge is 0.457 e. The fourth-order valence-electron chi connectivity index (χ4n) is 4.45. The van der Waals surface area contributed by atoms with Gasteiger partial charge in [-0.15, -0.1) is 0 Å². The maximum absolute atomic E-state index is 12.0. The number of carboxylic acid groups (broad SMARTS) is 2. The number of benzene rings is 1. The molecule has 0 spiro atoms. The van der Waals surface area contributed by atoms with Crippen molar-refractivity contribution < 1.29 is 29.1 Å². The maximum atomic E-state index is 12.0. The van der Waals surface area contributed by atoms with E-state index in [-0.39, 0.29) is 25.6 Å². The molecule has 1 aromatic rings. The lowest BCUT2D eigenvalue weighted by atomic mass is 9.79. The Morgan fingerprint density at radius 1 is 1.13 bits per heavy atom. The Morgan fingerprint density at radius 3 is 2.29 bits per heavy atom. The summed E-state index contributed by atoms with van der Waals surface area (Å²) in [6.45, 7) is 8.70. The van der Waals surface area contributed by atoms with E-state index < -0.39 is 29.3 Å². The summed E-state index contributed by atoms with van der Waals surface area (Å²) in [7, 11) is -0.346. The van der Waals surface area contributed by atoms with E-state index in [1.165, 1.54) is 0 Å². The first kappa shape index (κ1) is 23.6. The molecule has 1 aromatic carbocycles. The average molecular weight is 432 g/mol. The van der Waals surface area contributed by atoms with Gasteiger partial charge in [0.15, 0.2) is 0 Å². The number of amides is 1. The number of aliphatic carboxylic acids is 1. The molecular weight excluding hydrogens is 399 g/mol. The Labute approximate surface area is 184 Å². The van der Waals surface area contributed by atoms with Crippen molar-refractivity contribution in [1.29, 1.82) is 0 Å². The second-order valence-electron chi connectivity index (χ2n) is 9.47. The number of carbonyl (C=O) groups is 2. The molecule has 0 bridgehead atoms. The standard InChI is InChI=1S/C22H33BN2O6/c1-21(2)22(3,4)31-23(30-21)12-8-11-16-17(24-13-15-9-6-5-7-10-15)14-25(20(28)29)18(16)19(26)27/h5-7,9-10,16-18,24H,8,11-14H2,1-4H3,(H,26,27)(H,28,29)/t16?,17?,18-/m0/s1. The van der Waals surface area contributed by atoms with Crippen LogP contribution in [0.5, 0.6) is 0 Å². The first-order valence-corrected chi connectivity index (χ1v) is 10.9. The Bertz CT molecular complexity index is 771. The van der Waals surface area contributed by atoms with Gasteiger partial charge in [0.05, 0.1) is 11.2 Å². The Morgan fingerprint density at radius 2 is 1.74 bits per heavy atom. The van der Waals surface area contributed by atoms with Crippen molar-refractivity contribution in [2.75, 3.05) is 6.54 Å². The van der Waals surface area contributed by atoms with Crippen LogP contribution in [0.1, 0.15) is 46.1 Å². The molecule has 0 saturated carbocycles. The molecule has 31 heavy (non-hydrogen) atoms. The van der Waals surface area contributed by atoms with E-state index >= 15 is 0 Å². The van der Waals surface area contributed by atoms with Crippen LogP contribution < -0.4 is 5.32 Å². The van der Waals surface area contributed by atoms with Crippen molar-refractivity contribution >= 4 is 19.2 Å². The van der Waals surface area contributed by atoms with Gasteiger partial charge in [0, 0.05) is 25.0 Å². The van der Waals surface area contributed by atoms with Gasteiger partial charge < -0.3 is 24.8 Å². The molecule has 1 amide bonds. The zero-order chi connectivity index (χ0) is 22.8. The van der Waals surface area contributed by atoms with Gasteiger partial charge >= 0.3 is 19.2 Å². The third-order valence-electron chi connectivity index (χ3n) is 6.84. The van der Waals surface area contributed by atoms with E-state index in [4.69, 9.17) is 9.31 Å². The highest BCUT2D eigenvalue weighted by Gasteiger charge is 2.51. The highest BCUT2D eigenvalue weighted by atomic mass is 16.7. The SMILES string of the molecule is CC1(C)OB(CCCC2C(NCc3ccccc3)CN(C(=O)O)[C@@H]2C(=O)O)OC1(C)C. The summed E-state index contributed by atoms with van der Waals surface area (Å²) >= 11 is 0. The number of hydrogen-bond acceptors (Lipinski definition) is 5. The lowest BCUT2D eigenvalue weighted by molar-refractivity contribution is -0.143. The molecule has 2 aliphatic rings. The minimum atomic E-state index is -1.20. The number of nitrogens with one attached hydrogen (secondary N) is 1. The van der Waals surface area contributed by atoms with Gasteiger partial charge in [-0.1, -0.05) is 36.8 Å². The van der Waals surface area contributed by atoms with Crippen molar-refractivity contribution in [2.24, 2.45) is 5.92 Å². The molecule has 3 rings (SSSR count). The molecule has 0 radical (unpaired) electrons. The quantitative estimate of drug-likeness (QED) is 0.542. The number of nitrogens with zero attached hydrogens (tertiary/aromatic N) is 1. The maximum Gasteiger partial charge on any atom is 0.457 e. The van der Waals surface area contributed by atoms with E-state index in [0.717, 1.165) is 10.5 Å². The summed E-state index contributed by atoms with van der Waals surface area (Å²) < 4.78 is 12.1. The van der Waals surface area contributed by atoms with E-state index in [2.05, 4.69) is 5.32 Å². The minimum Gasteiger partial charge on any atom is -0.480 e. The van der Waals surface area contributed by atoms with E-state index in [1.807, 2.05) is 58.0 Å². The lowest BCUT2D eigenvalue weighted by Crippen LogP contribution is -2.43. The summed E-state index contributed by atoms with van der Waals surface area (Å²) in [6, 6.07) is 8.48. The molecule has 2 heterocycles. The number of carboxylic acids is 1. The van der Waals surface area contributed by atoms with Crippen molar-refractivity contribution in [3.05, 3.63) is 35.9 Å². The van der Waals surface area contributed by atoms with Gasteiger partial charge in [0.25, 0.3) is 0 Å². The van der Waals surface area contributed by atoms with Crippen LogP contribution in [0.25, 0.3) is 0 Å². The predicted molar refractivity (Wildman–Crippen MR) is 117 cm³/mol. The molecular formula is C22H33BN2O6. The molecule has 2 saturated heterocycles. The molecule has 2 unspecified atom stereocenters. The topological polar surface area (TPSA) is 108 Å². The van der Waals surface area contributed by atoms with Gasteiger partial charge in [-0.05, 0) is 46.0 Å². The third kappa shape index (κ3) is 5.22. The molecule has 3 N–H and O–H groups in total. The van der Waals surface area contributed by atoms with Crippen LogP contribution in [0, 0.1) is 5.92 Å². The molecule has 170 valence electrons. The molecule has 0 aliphatic carbocycles. The first-order valence-electron chi connectivity index (χ1n) is 10.9. The van der Waals surface area contributed by atoms with Crippen LogP contribution >= 0.6 is 0 Å². The van der Waals surface area contributed by atoms with Gasteiger partial charge in [-0.2, -0.15) is 0 Å². The predicted octanol–water partition coefficient (Wildman–Crippen LogP) is 3.08. The summed E-state index contributed by atoms with van der Waals surface area (Å²) in [5.41, 5.74) is 0.252. The Kier molecular flexibility index (Phi) is 6.98. The molecule has 8 nitrogen and oxygen atoms in total. The van der Waals surface area contributed by atoms with Crippen LogP contribution in [-0.4, -0.2) is 64.1 Å². The Hall–Kier alpha value is -2.10. The minimum absolute atomic E-state index is 0.153. The number of rotatable bonds is 8.